The van der Waals surface area contributed by atoms with E-state index in [-0.39, 0.29) is 5.48 Å². The van der Waals surface area contributed by atoms with E-state index in [1.54, 1.807) is 0 Å². The van der Waals surface area contributed by atoms with Gasteiger partial charge < -0.3 is 5.48 Å². The van der Waals surface area contributed by atoms with E-state index in [2.05, 4.69) is 0 Å². The molecule has 0 aromatic carbocycles. The van der Waals surface area contributed by atoms with E-state index >= 15 is 0 Å². The molecule has 0 aliphatic carbocycles. The van der Waals surface area contributed by atoms with Crippen LogP contribution in [0.4, 0.5) is 0 Å². The van der Waals surface area contributed by atoms with Gasteiger partial charge in [-0.1, -0.05) is 0 Å². The lowest BCUT2D eigenvalue weighted by Gasteiger charge is -2.02. The van der Waals surface area contributed by atoms with E-state index in [9.17, 15) is 4.21 Å². The van der Waals surface area contributed by atoms with Crippen LogP contribution in [0.15, 0.2) is 0 Å². The smallest absolute Gasteiger partial charge is 0.109 e. The Hall–Kier alpha value is 0.110. The minimum atomic E-state index is -1.40. The fourth-order valence-electron chi connectivity index (χ4n) is 0.612. The first-order chi connectivity index (χ1) is 3.68. The van der Waals surface area contributed by atoms with Gasteiger partial charge in [0.05, 0.1) is 9.93 Å². The van der Waals surface area contributed by atoms with Crippen LogP contribution in [0.1, 0.15) is 20.8 Å². The summed E-state index contributed by atoms with van der Waals surface area (Å²) in [6.45, 7) is 5.99. The van der Waals surface area contributed by atoms with Crippen molar-refractivity contribution in [3.8, 4) is 0 Å². The Morgan fingerprint density at radius 3 is 1.22 bits per heavy atom. The molecule has 0 saturated heterocycles. The van der Waals surface area contributed by atoms with Gasteiger partial charge in [-0.05, 0) is 20.8 Å². The molecule has 0 heterocycles. The molecule has 0 atom stereocenters. The third-order valence-electron chi connectivity index (χ3n) is 1.58. The molecule has 9 heavy (non-hydrogen) atoms. The summed E-state index contributed by atoms with van der Waals surface area (Å²) in [7, 11) is -1.40. The molecule has 0 rings (SSSR count). The summed E-state index contributed by atoms with van der Waals surface area (Å²) in [6.07, 6.45) is 0. The molecule has 0 unspecified atom stereocenters. The molecular formula is C6H16O2S. The van der Waals surface area contributed by atoms with Crippen molar-refractivity contribution in [2.45, 2.75) is 20.8 Å². The molecule has 0 fully saturated rings. The van der Waals surface area contributed by atoms with Crippen molar-refractivity contribution in [2.75, 3.05) is 17.3 Å². The zero-order chi connectivity index (χ0) is 6.62. The molecule has 3 heteroatoms. The van der Waals surface area contributed by atoms with Gasteiger partial charge in [0.1, 0.15) is 17.3 Å². The molecule has 0 radical (unpaired) electrons. The highest BCUT2D eigenvalue weighted by Gasteiger charge is 2.17. The standard InChI is InChI=1S/C6H15OS.H2O/c1-4-8(7,5-2)6-3;/h4-6H2,1-3H3;1H2/q+1;/p-1. The molecule has 2 nitrogen and oxygen atoms in total. The summed E-state index contributed by atoms with van der Waals surface area (Å²) in [5.41, 5.74) is 0. The van der Waals surface area contributed by atoms with Crippen molar-refractivity contribution in [1.29, 1.82) is 0 Å². The first kappa shape index (κ1) is 11.9. The van der Waals surface area contributed by atoms with Gasteiger partial charge in [-0.15, -0.1) is 4.21 Å². The predicted molar refractivity (Wildman–Crippen MR) is 41.6 cm³/mol. The average Bonchev–Trinajstić information content (AvgIpc) is 1.87. The van der Waals surface area contributed by atoms with E-state index < -0.39 is 9.93 Å². The van der Waals surface area contributed by atoms with Gasteiger partial charge in [0, 0.05) is 0 Å². The number of hydrogen-bond acceptors (Lipinski definition) is 2. The van der Waals surface area contributed by atoms with Crippen LogP contribution in [-0.4, -0.2) is 22.7 Å². The van der Waals surface area contributed by atoms with Crippen molar-refractivity contribution < 1.29 is 9.69 Å². The maximum Gasteiger partial charge on any atom is 0.109 e. The van der Waals surface area contributed by atoms with Gasteiger partial charge in [-0.25, -0.2) is 0 Å². The lowest BCUT2D eigenvalue weighted by atomic mass is 10.9. The molecule has 0 spiro atoms. The quantitative estimate of drug-likeness (QED) is 0.573. The van der Waals surface area contributed by atoms with Crippen molar-refractivity contribution in [2.24, 2.45) is 0 Å². The van der Waals surface area contributed by atoms with Crippen LogP contribution in [-0.2, 0) is 14.1 Å². The zero-order valence-corrected chi connectivity index (χ0v) is 7.20. The van der Waals surface area contributed by atoms with Crippen LogP contribution in [0.2, 0.25) is 0 Å². The highest BCUT2D eigenvalue weighted by molar-refractivity contribution is 8.02. The van der Waals surface area contributed by atoms with E-state index in [1.165, 1.54) is 0 Å². The third kappa shape index (κ3) is 3.65. The topological polar surface area (TPSA) is 47.1 Å². The number of hydrogen-bond donors (Lipinski definition) is 0. The Bertz CT molecular complexity index is 82.2. The van der Waals surface area contributed by atoms with Gasteiger partial charge in [0.15, 0.2) is 0 Å². The SMILES string of the molecule is CC[S+](=O)(CC)CC.[OH-]. The van der Waals surface area contributed by atoms with E-state index in [4.69, 9.17) is 0 Å². The van der Waals surface area contributed by atoms with Crippen LogP contribution >= 0.6 is 0 Å². The van der Waals surface area contributed by atoms with E-state index in [0.29, 0.717) is 0 Å². The first-order valence-electron chi connectivity index (χ1n) is 3.15. The van der Waals surface area contributed by atoms with Crippen LogP contribution in [0.3, 0.4) is 0 Å². The summed E-state index contributed by atoms with van der Waals surface area (Å²) in [4.78, 5) is 0. The molecule has 58 valence electrons. The summed E-state index contributed by atoms with van der Waals surface area (Å²) in [5, 5.41) is 0. The maximum atomic E-state index is 11.3. The van der Waals surface area contributed by atoms with E-state index in [1.807, 2.05) is 20.8 Å². The summed E-state index contributed by atoms with van der Waals surface area (Å²) >= 11 is 0. The minimum absolute atomic E-state index is 0. The van der Waals surface area contributed by atoms with Crippen LogP contribution in [0.25, 0.3) is 0 Å². The maximum absolute atomic E-state index is 11.3. The second kappa shape index (κ2) is 4.94. The molecule has 0 amide bonds. The monoisotopic (exact) mass is 152 g/mol. The Morgan fingerprint density at radius 2 is 1.22 bits per heavy atom. The highest BCUT2D eigenvalue weighted by atomic mass is 32.2. The average molecular weight is 152 g/mol. The second-order valence-electron chi connectivity index (χ2n) is 1.83. The lowest BCUT2D eigenvalue weighted by molar-refractivity contribution is 0.586. The molecule has 0 saturated carbocycles. The van der Waals surface area contributed by atoms with Crippen LogP contribution < -0.4 is 0 Å². The van der Waals surface area contributed by atoms with Crippen LogP contribution in [0, 0.1) is 0 Å². The van der Waals surface area contributed by atoms with Gasteiger partial charge in [0.2, 0.25) is 0 Å². The summed E-state index contributed by atoms with van der Waals surface area (Å²) in [6, 6.07) is 0. The molecule has 0 aromatic heterocycles. The molecule has 1 N–H and O–H groups in total. The minimum Gasteiger partial charge on any atom is -0.870 e. The van der Waals surface area contributed by atoms with Crippen molar-refractivity contribution in [3.05, 3.63) is 0 Å². The Kier molecular flexibility index (Phi) is 6.51. The van der Waals surface area contributed by atoms with Crippen LogP contribution in [0.5, 0.6) is 0 Å². The molecule has 0 aromatic rings. The lowest BCUT2D eigenvalue weighted by Crippen LogP contribution is -2.18. The zero-order valence-electron chi connectivity index (χ0n) is 6.39. The molecular weight excluding hydrogens is 136 g/mol. The first-order valence-corrected chi connectivity index (χ1v) is 5.22. The fourth-order valence-corrected chi connectivity index (χ4v) is 1.84. The summed E-state index contributed by atoms with van der Waals surface area (Å²) in [5.74, 6) is 2.54. The van der Waals surface area contributed by atoms with E-state index in [0.717, 1.165) is 17.3 Å². The Morgan fingerprint density at radius 1 is 1.00 bits per heavy atom. The van der Waals surface area contributed by atoms with Gasteiger partial charge in [0.25, 0.3) is 0 Å². The number of rotatable bonds is 3. The largest absolute Gasteiger partial charge is 0.870 e. The molecule has 0 aliphatic rings. The normalized spacial score (nSPS) is 10.6. The van der Waals surface area contributed by atoms with Gasteiger partial charge in [-0.3, -0.25) is 0 Å². The third-order valence-corrected chi connectivity index (χ3v) is 4.73. The Balaban J connectivity index is 0. The van der Waals surface area contributed by atoms with Crippen molar-refractivity contribution >= 4 is 9.93 Å². The van der Waals surface area contributed by atoms with Gasteiger partial charge >= 0.3 is 0 Å². The van der Waals surface area contributed by atoms with Crippen molar-refractivity contribution in [3.63, 3.8) is 0 Å². The fraction of sp³-hybridized carbons (Fsp3) is 1.00. The highest BCUT2D eigenvalue weighted by Crippen LogP contribution is 2.02. The molecule has 0 bridgehead atoms. The Labute approximate surface area is 58.4 Å². The van der Waals surface area contributed by atoms with Crippen molar-refractivity contribution in [1.82, 2.24) is 0 Å². The predicted octanol–water partition coefficient (Wildman–Crippen LogP) is 1.37. The summed E-state index contributed by atoms with van der Waals surface area (Å²) < 4.78 is 11.3. The van der Waals surface area contributed by atoms with Gasteiger partial charge in [-0.2, -0.15) is 0 Å². The molecule has 0 aliphatic heterocycles. The second-order valence-corrected chi connectivity index (χ2v) is 5.50.